The van der Waals surface area contributed by atoms with Gasteiger partial charge in [0.25, 0.3) is 0 Å². The second-order valence-electron chi connectivity index (χ2n) is 4.65. The molecule has 4 heteroatoms. The summed E-state index contributed by atoms with van der Waals surface area (Å²) in [6, 6.07) is 4.09. The number of aromatic nitrogens is 3. The van der Waals surface area contributed by atoms with Gasteiger partial charge in [-0.2, -0.15) is 5.10 Å². The lowest BCUT2D eigenvalue weighted by Crippen LogP contribution is -2.10. The van der Waals surface area contributed by atoms with Crippen LogP contribution in [0.5, 0.6) is 0 Å². The number of nitrogens with two attached hydrogens (primary N) is 1. The van der Waals surface area contributed by atoms with Crippen LogP contribution in [0.2, 0.25) is 0 Å². The van der Waals surface area contributed by atoms with Crippen LogP contribution >= 0.6 is 0 Å². The number of hydrogen-bond acceptors (Lipinski definition) is 3. The van der Waals surface area contributed by atoms with E-state index < -0.39 is 0 Å². The number of fused-ring (bicyclic) bond motifs is 1. The Morgan fingerprint density at radius 1 is 1.50 bits per heavy atom. The van der Waals surface area contributed by atoms with E-state index in [2.05, 4.69) is 10.1 Å². The first-order valence-corrected chi connectivity index (χ1v) is 5.86. The maximum atomic E-state index is 5.85. The molecule has 1 aliphatic rings. The van der Waals surface area contributed by atoms with Crippen molar-refractivity contribution in [1.29, 1.82) is 0 Å². The largest absolute Gasteiger partial charge is 0.324 e. The molecule has 3 rings (SSSR count). The van der Waals surface area contributed by atoms with Gasteiger partial charge in [0.1, 0.15) is 0 Å². The van der Waals surface area contributed by atoms with Gasteiger partial charge in [-0.3, -0.25) is 0 Å². The standard InChI is InChI=1S/C12H16N4/c1-8(13)10-5-6-16-11(7-10)14-12(15-16)9-3-2-4-9/h5-9H,2-4,13H2,1H3. The topological polar surface area (TPSA) is 56.2 Å². The van der Waals surface area contributed by atoms with Crippen LogP contribution in [0, 0.1) is 0 Å². The van der Waals surface area contributed by atoms with E-state index in [1.165, 1.54) is 19.3 Å². The molecule has 1 aliphatic carbocycles. The zero-order chi connectivity index (χ0) is 11.1. The van der Waals surface area contributed by atoms with Crippen LogP contribution in [-0.4, -0.2) is 14.6 Å². The van der Waals surface area contributed by atoms with Gasteiger partial charge in [-0.05, 0) is 37.5 Å². The molecule has 1 fully saturated rings. The molecule has 84 valence electrons. The predicted molar refractivity (Wildman–Crippen MR) is 62.2 cm³/mol. The lowest BCUT2D eigenvalue weighted by Gasteiger charge is -2.21. The van der Waals surface area contributed by atoms with Crippen molar-refractivity contribution in [2.24, 2.45) is 5.73 Å². The monoisotopic (exact) mass is 216 g/mol. The summed E-state index contributed by atoms with van der Waals surface area (Å²) in [7, 11) is 0. The molecule has 1 unspecified atom stereocenters. The van der Waals surface area contributed by atoms with Crippen molar-refractivity contribution in [3.63, 3.8) is 0 Å². The summed E-state index contributed by atoms with van der Waals surface area (Å²) in [6.07, 6.45) is 5.72. The Kier molecular flexibility index (Phi) is 2.17. The summed E-state index contributed by atoms with van der Waals surface area (Å²) >= 11 is 0. The van der Waals surface area contributed by atoms with Crippen molar-refractivity contribution < 1.29 is 0 Å². The number of hydrogen-bond donors (Lipinski definition) is 1. The van der Waals surface area contributed by atoms with Crippen LogP contribution in [-0.2, 0) is 0 Å². The van der Waals surface area contributed by atoms with E-state index in [9.17, 15) is 0 Å². The van der Waals surface area contributed by atoms with Gasteiger partial charge in [0, 0.05) is 18.2 Å². The minimum Gasteiger partial charge on any atom is -0.324 e. The molecular formula is C12H16N4. The van der Waals surface area contributed by atoms with Crippen LogP contribution in [0.3, 0.4) is 0 Å². The number of rotatable bonds is 2. The summed E-state index contributed by atoms with van der Waals surface area (Å²) < 4.78 is 1.85. The molecule has 16 heavy (non-hydrogen) atoms. The van der Waals surface area contributed by atoms with Gasteiger partial charge in [-0.25, -0.2) is 9.50 Å². The van der Waals surface area contributed by atoms with Crippen molar-refractivity contribution in [3.05, 3.63) is 29.7 Å². The molecule has 0 radical (unpaired) electrons. The van der Waals surface area contributed by atoms with Crippen molar-refractivity contribution in [2.45, 2.75) is 38.1 Å². The highest BCUT2D eigenvalue weighted by Crippen LogP contribution is 2.34. The molecule has 0 amide bonds. The summed E-state index contributed by atoms with van der Waals surface area (Å²) in [4.78, 5) is 4.57. The van der Waals surface area contributed by atoms with Gasteiger partial charge >= 0.3 is 0 Å². The second kappa shape index (κ2) is 3.56. The van der Waals surface area contributed by atoms with Crippen molar-refractivity contribution in [3.8, 4) is 0 Å². The van der Waals surface area contributed by atoms with Crippen molar-refractivity contribution in [2.75, 3.05) is 0 Å². The quantitative estimate of drug-likeness (QED) is 0.835. The highest BCUT2D eigenvalue weighted by molar-refractivity contribution is 5.41. The Morgan fingerprint density at radius 3 is 2.94 bits per heavy atom. The van der Waals surface area contributed by atoms with E-state index in [4.69, 9.17) is 5.73 Å². The Labute approximate surface area is 94.5 Å². The van der Waals surface area contributed by atoms with Gasteiger partial charge in [-0.15, -0.1) is 0 Å². The Hall–Kier alpha value is -1.42. The molecule has 1 saturated carbocycles. The zero-order valence-corrected chi connectivity index (χ0v) is 9.43. The SMILES string of the molecule is CC(N)c1ccn2nc(C3CCC3)nc2c1. The van der Waals surface area contributed by atoms with Gasteiger partial charge in [0.2, 0.25) is 0 Å². The highest BCUT2D eigenvalue weighted by Gasteiger charge is 2.23. The van der Waals surface area contributed by atoms with Crippen LogP contribution in [0.15, 0.2) is 18.3 Å². The van der Waals surface area contributed by atoms with E-state index in [0.29, 0.717) is 5.92 Å². The van der Waals surface area contributed by atoms with Gasteiger partial charge in [0.05, 0.1) is 0 Å². The third kappa shape index (κ3) is 1.50. The van der Waals surface area contributed by atoms with Crippen LogP contribution in [0.25, 0.3) is 5.65 Å². The summed E-state index contributed by atoms with van der Waals surface area (Å²) in [5, 5.41) is 4.50. The first-order valence-electron chi connectivity index (χ1n) is 5.86. The molecule has 0 saturated heterocycles. The Balaban J connectivity index is 2.03. The van der Waals surface area contributed by atoms with E-state index in [1.54, 1.807) is 0 Å². The van der Waals surface area contributed by atoms with Gasteiger partial charge in [-0.1, -0.05) is 6.42 Å². The maximum absolute atomic E-state index is 5.85. The molecule has 2 aromatic rings. The predicted octanol–water partition coefficient (Wildman–Crippen LogP) is 2.02. The summed E-state index contributed by atoms with van der Waals surface area (Å²) in [6.45, 7) is 1.98. The average molecular weight is 216 g/mol. The minimum absolute atomic E-state index is 0.0499. The molecule has 2 heterocycles. The smallest absolute Gasteiger partial charge is 0.155 e. The molecule has 0 aliphatic heterocycles. The molecule has 1 atom stereocenters. The molecule has 4 nitrogen and oxygen atoms in total. The van der Waals surface area contributed by atoms with E-state index in [0.717, 1.165) is 17.0 Å². The van der Waals surface area contributed by atoms with Gasteiger partial charge in [0.15, 0.2) is 11.5 Å². The van der Waals surface area contributed by atoms with E-state index in [1.807, 2.05) is 29.8 Å². The number of nitrogens with zero attached hydrogens (tertiary/aromatic N) is 3. The lowest BCUT2D eigenvalue weighted by molar-refractivity contribution is 0.402. The van der Waals surface area contributed by atoms with Crippen LogP contribution in [0.4, 0.5) is 0 Å². The van der Waals surface area contributed by atoms with Crippen molar-refractivity contribution in [1.82, 2.24) is 14.6 Å². The fourth-order valence-electron chi connectivity index (χ4n) is 2.04. The third-order valence-electron chi connectivity index (χ3n) is 3.37. The molecule has 0 aromatic carbocycles. The van der Waals surface area contributed by atoms with E-state index in [-0.39, 0.29) is 6.04 Å². The zero-order valence-electron chi connectivity index (χ0n) is 9.43. The van der Waals surface area contributed by atoms with E-state index >= 15 is 0 Å². The third-order valence-corrected chi connectivity index (χ3v) is 3.37. The van der Waals surface area contributed by atoms with Gasteiger partial charge < -0.3 is 5.73 Å². The molecule has 2 N–H and O–H groups in total. The Bertz CT molecular complexity index is 511. The number of pyridine rings is 1. The average Bonchev–Trinajstić information content (AvgIpc) is 2.56. The summed E-state index contributed by atoms with van der Waals surface area (Å²) in [5.41, 5.74) is 7.88. The van der Waals surface area contributed by atoms with Crippen LogP contribution < -0.4 is 5.73 Å². The Morgan fingerprint density at radius 2 is 2.31 bits per heavy atom. The molecular weight excluding hydrogens is 200 g/mol. The molecule has 0 spiro atoms. The first kappa shape index (κ1) is 9.78. The second-order valence-corrected chi connectivity index (χ2v) is 4.65. The fraction of sp³-hybridized carbons (Fsp3) is 0.500. The normalized spacial score (nSPS) is 18.6. The molecule has 0 bridgehead atoms. The lowest BCUT2D eigenvalue weighted by atomic mass is 9.85. The maximum Gasteiger partial charge on any atom is 0.155 e. The van der Waals surface area contributed by atoms with Crippen LogP contribution in [0.1, 0.15) is 49.5 Å². The highest BCUT2D eigenvalue weighted by atomic mass is 15.3. The first-order chi connectivity index (χ1) is 7.74. The van der Waals surface area contributed by atoms with Crippen molar-refractivity contribution >= 4 is 5.65 Å². The summed E-state index contributed by atoms with van der Waals surface area (Å²) in [5.74, 6) is 1.58. The minimum atomic E-state index is 0.0499. The molecule has 2 aromatic heterocycles. The fourth-order valence-corrected chi connectivity index (χ4v) is 2.04.